The number of Topliss-reactive ketones (excluding diaryl/α,β-unsaturated/α-hetero) is 1. The van der Waals surface area contributed by atoms with Gasteiger partial charge in [-0.3, -0.25) is 9.36 Å². The van der Waals surface area contributed by atoms with Crippen LogP contribution in [-0.4, -0.2) is 26.3 Å². The van der Waals surface area contributed by atoms with Gasteiger partial charge in [-0.25, -0.2) is 0 Å². The van der Waals surface area contributed by atoms with E-state index >= 15 is 0 Å². The summed E-state index contributed by atoms with van der Waals surface area (Å²) in [5, 5.41) is 10.1. The molecule has 0 saturated carbocycles. The lowest BCUT2D eigenvalue weighted by molar-refractivity contribution is 0.102. The third-order valence-corrected chi connectivity index (χ3v) is 5.60. The molecule has 0 fully saturated rings. The number of thioether (sulfide) groups is 1. The van der Waals surface area contributed by atoms with Gasteiger partial charge in [-0.2, -0.15) is 0 Å². The van der Waals surface area contributed by atoms with Crippen molar-refractivity contribution >= 4 is 29.1 Å². The number of hydrogen-bond donors (Lipinski definition) is 0. The van der Waals surface area contributed by atoms with Crippen LogP contribution in [-0.2, 0) is 0 Å². The summed E-state index contributed by atoms with van der Waals surface area (Å²) in [6, 6.07) is 24.9. The predicted octanol–water partition coefficient (Wildman–Crippen LogP) is 5.87. The molecule has 0 aliphatic rings. The van der Waals surface area contributed by atoms with Crippen molar-refractivity contribution < 1.29 is 4.79 Å². The fraction of sp³-hybridized carbons (Fsp3) is 0.0870. The molecule has 0 aliphatic carbocycles. The average Bonchev–Trinajstić information content (AvgIpc) is 3.17. The first-order valence-electron chi connectivity index (χ1n) is 9.11. The zero-order valence-corrected chi connectivity index (χ0v) is 17.3. The molecule has 0 atom stereocenters. The standard InChI is InChI=1S/C23H18ClN3OS/c1-16-6-5-9-18(14-16)22-25-26-23(27(22)20-12-10-19(24)11-13-20)29-15-21(28)17-7-3-2-4-8-17/h2-14H,15H2,1H3. The number of hydrogen-bond acceptors (Lipinski definition) is 4. The quantitative estimate of drug-likeness (QED) is 0.289. The largest absolute Gasteiger partial charge is 0.293 e. The highest BCUT2D eigenvalue weighted by atomic mass is 35.5. The molecule has 0 unspecified atom stereocenters. The van der Waals surface area contributed by atoms with Crippen LogP contribution in [0.1, 0.15) is 15.9 Å². The summed E-state index contributed by atoms with van der Waals surface area (Å²) < 4.78 is 1.97. The molecule has 1 heterocycles. The zero-order valence-electron chi connectivity index (χ0n) is 15.7. The SMILES string of the molecule is Cc1cccc(-c2nnc(SCC(=O)c3ccccc3)n2-c2ccc(Cl)cc2)c1. The number of aromatic nitrogens is 3. The molecule has 0 saturated heterocycles. The van der Waals surface area contributed by atoms with E-state index in [0.717, 1.165) is 22.6 Å². The van der Waals surface area contributed by atoms with Gasteiger partial charge < -0.3 is 0 Å². The first-order chi connectivity index (χ1) is 14.1. The van der Waals surface area contributed by atoms with Crippen molar-refractivity contribution in [2.24, 2.45) is 0 Å². The van der Waals surface area contributed by atoms with Gasteiger partial charge in [0.15, 0.2) is 16.8 Å². The number of carbonyl (C=O) groups excluding carboxylic acids is 1. The van der Waals surface area contributed by atoms with Crippen molar-refractivity contribution in [1.29, 1.82) is 0 Å². The van der Waals surface area contributed by atoms with Crippen LogP contribution in [0.2, 0.25) is 5.02 Å². The third kappa shape index (κ3) is 4.42. The fourth-order valence-electron chi connectivity index (χ4n) is 2.99. The van der Waals surface area contributed by atoms with Gasteiger partial charge in [-0.1, -0.05) is 77.5 Å². The summed E-state index contributed by atoms with van der Waals surface area (Å²) in [5.74, 6) is 1.06. The molecular formula is C23H18ClN3OS. The Morgan fingerprint density at radius 2 is 1.72 bits per heavy atom. The summed E-state index contributed by atoms with van der Waals surface area (Å²) in [6.07, 6.45) is 0. The average molecular weight is 420 g/mol. The Kier molecular flexibility index (Phi) is 5.79. The maximum absolute atomic E-state index is 12.5. The van der Waals surface area contributed by atoms with E-state index < -0.39 is 0 Å². The summed E-state index contributed by atoms with van der Waals surface area (Å²) >= 11 is 7.45. The number of benzene rings is 3. The van der Waals surface area contributed by atoms with Gasteiger partial charge in [0.1, 0.15) is 0 Å². The first-order valence-corrected chi connectivity index (χ1v) is 10.5. The minimum Gasteiger partial charge on any atom is -0.293 e. The molecule has 0 bridgehead atoms. The summed E-state index contributed by atoms with van der Waals surface area (Å²) in [5.41, 5.74) is 3.69. The molecule has 0 amide bonds. The minimum absolute atomic E-state index is 0.0540. The first kappa shape index (κ1) is 19.4. The van der Waals surface area contributed by atoms with E-state index in [-0.39, 0.29) is 11.5 Å². The van der Waals surface area contributed by atoms with Crippen LogP contribution in [0, 0.1) is 6.92 Å². The predicted molar refractivity (Wildman–Crippen MR) is 118 cm³/mol. The van der Waals surface area contributed by atoms with E-state index in [1.807, 2.05) is 84.3 Å². The molecule has 0 aliphatic heterocycles. The number of ketones is 1. The van der Waals surface area contributed by atoms with Crippen LogP contribution in [0.5, 0.6) is 0 Å². The molecule has 29 heavy (non-hydrogen) atoms. The third-order valence-electron chi connectivity index (χ3n) is 4.42. The summed E-state index contributed by atoms with van der Waals surface area (Å²) in [4.78, 5) is 12.5. The summed E-state index contributed by atoms with van der Waals surface area (Å²) in [6.45, 7) is 2.04. The second kappa shape index (κ2) is 8.64. The van der Waals surface area contributed by atoms with E-state index in [1.54, 1.807) is 0 Å². The monoisotopic (exact) mass is 419 g/mol. The molecular weight excluding hydrogens is 402 g/mol. The Morgan fingerprint density at radius 3 is 2.45 bits per heavy atom. The van der Waals surface area contributed by atoms with Gasteiger partial charge >= 0.3 is 0 Å². The second-order valence-electron chi connectivity index (χ2n) is 6.57. The Bertz CT molecular complexity index is 1140. The molecule has 0 radical (unpaired) electrons. The molecule has 4 nitrogen and oxygen atoms in total. The van der Waals surface area contributed by atoms with Crippen molar-refractivity contribution in [1.82, 2.24) is 14.8 Å². The topological polar surface area (TPSA) is 47.8 Å². The van der Waals surface area contributed by atoms with E-state index in [1.165, 1.54) is 11.8 Å². The van der Waals surface area contributed by atoms with E-state index in [0.29, 0.717) is 15.7 Å². The fourth-order valence-corrected chi connectivity index (χ4v) is 3.97. The van der Waals surface area contributed by atoms with Gasteiger partial charge in [-0.05, 0) is 37.3 Å². The molecule has 1 aromatic heterocycles. The lowest BCUT2D eigenvalue weighted by Gasteiger charge is -2.11. The van der Waals surface area contributed by atoms with Crippen molar-refractivity contribution in [2.75, 3.05) is 5.75 Å². The van der Waals surface area contributed by atoms with E-state index in [2.05, 4.69) is 16.3 Å². The molecule has 6 heteroatoms. The molecule has 0 spiro atoms. The lowest BCUT2D eigenvalue weighted by atomic mass is 10.1. The van der Waals surface area contributed by atoms with Gasteiger partial charge in [0.2, 0.25) is 0 Å². The van der Waals surface area contributed by atoms with Gasteiger partial charge in [-0.15, -0.1) is 10.2 Å². The number of halogens is 1. The minimum atomic E-state index is 0.0540. The molecule has 0 N–H and O–H groups in total. The maximum atomic E-state index is 12.5. The van der Waals surface area contributed by atoms with Crippen molar-refractivity contribution in [3.05, 3.63) is 95.0 Å². The Balaban J connectivity index is 1.70. The van der Waals surface area contributed by atoms with Crippen molar-refractivity contribution in [3.8, 4) is 17.1 Å². The Labute approximate surface area is 178 Å². The maximum Gasteiger partial charge on any atom is 0.196 e. The van der Waals surface area contributed by atoms with Crippen LogP contribution in [0.25, 0.3) is 17.1 Å². The smallest absolute Gasteiger partial charge is 0.196 e. The van der Waals surface area contributed by atoms with Gasteiger partial charge in [0.05, 0.1) is 5.75 Å². The Morgan fingerprint density at radius 1 is 0.966 bits per heavy atom. The second-order valence-corrected chi connectivity index (χ2v) is 7.94. The lowest BCUT2D eigenvalue weighted by Crippen LogP contribution is -2.05. The van der Waals surface area contributed by atoms with Crippen LogP contribution in [0.4, 0.5) is 0 Å². The van der Waals surface area contributed by atoms with Crippen LogP contribution in [0.15, 0.2) is 84.0 Å². The molecule has 4 rings (SSSR count). The zero-order chi connectivity index (χ0) is 20.2. The highest BCUT2D eigenvalue weighted by Gasteiger charge is 2.18. The van der Waals surface area contributed by atoms with E-state index in [4.69, 9.17) is 11.6 Å². The molecule has 3 aromatic carbocycles. The van der Waals surface area contributed by atoms with Crippen LogP contribution >= 0.6 is 23.4 Å². The van der Waals surface area contributed by atoms with Crippen molar-refractivity contribution in [3.63, 3.8) is 0 Å². The van der Waals surface area contributed by atoms with Crippen LogP contribution < -0.4 is 0 Å². The number of nitrogens with zero attached hydrogens (tertiary/aromatic N) is 3. The summed E-state index contributed by atoms with van der Waals surface area (Å²) in [7, 11) is 0. The van der Waals surface area contributed by atoms with Gasteiger partial charge in [0, 0.05) is 21.8 Å². The molecule has 4 aromatic rings. The normalized spacial score (nSPS) is 10.8. The van der Waals surface area contributed by atoms with Crippen LogP contribution in [0.3, 0.4) is 0 Å². The Hall–Kier alpha value is -2.89. The highest BCUT2D eigenvalue weighted by Crippen LogP contribution is 2.29. The molecule has 144 valence electrons. The highest BCUT2D eigenvalue weighted by molar-refractivity contribution is 7.99. The van der Waals surface area contributed by atoms with Crippen molar-refractivity contribution in [2.45, 2.75) is 12.1 Å². The van der Waals surface area contributed by atoms with E-state index in [9.17, 15) is 4.79 Å². The number of rotatable bonds is 6. The number of carbonyl (C=O) groups is 1. The van der Waals surface area contributed by atoms with Gasteiger partial charge in [0.25, 0.3) is 0 Å². The number of aryl methyl sites for hydroxylation is 1.